The van der Waals surface area contributed by atoms with Crippen LogP contribution in [0.25, 0.3) is 0 Å². The minimum atomic E-state index is -1.15. The average Bonchev–Trinajstić information content (AvgIpc) is 2.30. The minimum Gasteiger partial charge on any atom is -0.298 e. The molecule has 0 radical (unpaired) electrons. The number of hydrogen-bond donors (Lipinski definition) is 0. The van der Waals surface area contributed by atoms with Crippen molar-refractivity contribution in [2.75, 3.05) is 0 Å². The predicted molar refractivity (Wildman–Crippen MR) is 60.1 cm³/mol. The Kier molecular flexibility index (Phi) is 3.31. The second-order valence-electron chi connectivity index (χ2n) is 3.81. The topological polar surface area (TPSA) is 34.1 Å². The summed E-state index contributed by atoms with van der Waals surface area (Å²) in [6, 6.07) is 9.28. The van der Waals surface area contributed by atoms with Crippen LogP contribution in [-0.2, 0) is 15.6 Å². The van der Waals surface area contributed by atoms with Gasteiger partial charge < -0.3 is 0 Å². The standard InChI is InChI=1S/C12H14O2S/c13-11-8-4-5-9-12(11)15(14)10-6-2-1-3-7-10/h1-3,6-7,12H,4-5,8-9H2/t12-,15?/m0/s1. The highest BCUT2D eigenvalue weighted by molar-refractivity contribution is 7.86. The van der Waals surface area contributed by atoms with Crippen LogP contribution >= 0.6 is 0 Å². The van der Waals surface area contributed by atoms with E-state index in [-0.39, 0.29) is 11.0 Å². The Balaban J connectivity index is 2.17. The Hall–Kier alpha value is -0.960. The number of Topliss-reactive ketones (excluding diaryl/α,β-unsaturated/α-hetero) is 1. The maximum Gasteiger partial charge on any atom is 0.148 e. The molecule has 0 heterocycles. The number of hydrogen-bond acceptors (Lipinski definition) is 2. The van der Waals surface area contributed by atoms with Crippen LogP contribution in [-0.4, -0.2) is 15.2 Å². The van der Waals surface area contributed by atoms with E-state index in [0.717, 1.165) is 24.2 Å². The quantitative estimate of drug-likeness (QED) is 0.769. The summed E-state index contributed by atoms with van der Waals surface area (Å²) in [6.07, 6.45) is 3.36. The molecule has 0 saturated heterocycles. The van der Waals surface area contributed by atoms with Gasteiger partial charge in [-0.15, -0.1) is 0 Å². The molecule has 2 rings (SSSR count). The first kappa shape index (κ1) is 10.6. The van der Waals surface area contributed by atoms with Gasteiger partial charge in [0.25, 0.3) is 0 Å². The lowest BCUT2D eigenvalue weighted by Crippen LogP contribution is -2.29. The van der Waals surface area contributed by atoms with Gasteiger partial charge in [-0.2, -0.15) is 0 Å². The summed E-state index contributed by atoms with van der Waals surface area (Å²) < 4.78 is 12.1. The summed E-state index contributed by atoms with van der Waals surface area (Å²) >= 11 is 0. The number of benzene rings is 1. The monoisotopic (exact) mass is 222 g/mol. The van der Waals surface area contributed by atoms with Gasteiger partial charge in [0.1, 0.15) is 5.78 Å². The van der Waals surface area contributed by atoms with E-state index in [0.29, 0.717) is 6.42 Å². The Labute approximate surface area is 92.2 Å². The normalized spacial score (nSPS) is 23.7. The second kappa shape index (κ2) is 4.71. The van der Waals surface area contributed by atoms with Crippen LogP contribution in [0.4, 0.5) is 0 Å². The summed E-state index contributed by atoms with van der Waals surface area (Å²) in [6.45, 7) is 0. The van der Waals surface area contributed by atoms with Crippen molar-refractivity contribution in [3.05, 3.63) is 30.3 Å². The molecule has 80 valence electrons. The van der Waals surface area contributed by atoms with Gasteiger partial charge in [0, 0.05) is 11.3 Å². The van der Waals surface area contributed by atoms with E-state index in [1.165, 1.54) is 0 Å². The molecule has 1 fully saturated rings. The van der Waals surface area contributed by atoms with Crippen molar-refractivity contribution in [3.63, 3.8) is 0 Å². The highest BCUT2D eigenvalue weighted by atomic mass is 32.2. The second-order valence-corrected chi connectivity index (χ2v) is 5.45. The SMILES string of the molecule is O=C1CCCC[C@@H]1S(=O)c1ccccc1. The molecule has 0 aromatic heterocycles. The summed E-state index contributed by atoms with van der Waals surface area (Å²) in [5.74, 6) is 0.170. The summed E-state index contributed by atoms with van der Waals surface area (Å²) in [4.78, 5) is 12.4. The first-order chi connectivity index (χ1) is 7.29. The van der Waals surface area contributed by atoms with Crippen LogP contribution in [0.15, 0.2) is 35.2 Å². The molecule has 1 aliphatic rings. The molecule has 1 unspecified atom stereocenters. The van der Waals surface area contributed by atoms with Crippen molar-refractivity contribution in [1.82, 2.24) is 0 Å². The van der Waals surface area contributed by atoms with Crippen LogP contribution in [0, 0.1) is 0 Å². The Bertz CT molecular complexity index is 372. The largest absolute Gasteiger partial charge is 0.298 e. The smallest absolute Gasteiger partial charge is 0.148 e. The van der Waals surface area contributed by atoms with Crippen molar-refractivity contribution in [1.29, 1.82) is 0 Å². The van der Waals surface area contributed by atoms with E-state index in [1.54, 1.807) is 0 Å². The van der Waals surface area contributed by atoms with Crippen LogP contribution in [0.3, 0.4) is 0 Å². The van der Waals surface area contributed by atoms with Crippen molar-refractivity contribution in [3.8, 4) is 0 Å². The van der Waals surface area contributed by atoms with E-state index in [9.17, 15) is 9.00 Å². The van der Waals surface area contributed by atoms with Crippen molar-refractivity contribution < 1.29 is 9.00 Å². The highest BCUT2D eigenvalue weighted by Gasteiger charge is 2.28. The van der Waals surface area contributed by atoms with Crippen LogP contribution in [0.5, 0.6) is 0 Å². The van der Waals surface area contributed by atoms with Crippen molar-refractivity contribution in [2.45, 2.75) is 35.8 Å². The fourth-order valence-corrected chi connectivity index (χ4v) is 3.39. The third-order valence-electron chi connectivity index (χ3n) is 2.73. The zero-order chi connectivity index (χ0) is 10.7. The van der Waals surface area contributed by atoms with Crippen LogP contribution in [0.2, 0.25) is 0 Å². The van der Waals surface area contributed by atoms with Crippen molar-refractivity contribution >= 4 is 16.6 Å². The number of ketones is 1. The number of carbonyl (C=O) groups is 1. The molecule has 0 bridgehead atoms. The van der Waals surface area contributed by atoms with Gasteiger partial charge in [-0.3, -0.25) is 9.00 Å². The van der Waals surface area contributed by atoms with Crippen LogP contribution in [0.1, 0.15) is 25.7 Å². The molecule has 1 aromatic rings. The molecule has 0 N–H and O–H groups in total. The maximum atomic E-state index is 12.1. The molecule has 0 amide bonds. The first-order valence-electron chi connectivity index (χ1n) is 5.27. The Morgan fingerprint density at radius 1 is 1.13 bits per heavy atom. The fourth-order valence-electron chi connectivity index (χ4n) is 1.90. The van der Waals surface area contributed by atoms with E-state index in [2.05, 4.69) is 0 Å². The third kappa shape index (κ3) is 2.34. The van der Waals surface area contributed by atoms with Crippen molar-refractivity contribution in [2.24, 2.45) is 0 Å². The molecule has 3 heteroatoms. The van der Waals surface area contributed by atoms with Gasteiger partial charge >= 0.3 is 0 Å². The fraction of sp³-hybridized carbons (Fsp3) is 0.417. The number of rotatable bonds is 2. The third-order valence-corrected chi connectivity index (χ3v) is 4.48. The molecule has 2 atom stereocenters. The summed E-state index contributed by atoms with van der Waals surface area (Å²) in [5.41, 5.74) is 0. The van der Waals surface area contributed by atoms with Gasteiger partial charge in [-0.05, 0) is 25.0 Å². The molecular weight excluding hydrogens is 208 g/mol. The van der Waals surface area contributed by atoms with Crippen LogP contribution < -0.4 is 0 Å². The lowest BCUT2D eigenvalue weighted by molar-refractivity contribution is -0.119. The summed E-state index contributed by atoms with van der Waals surface area (Å²) in [5, 5.41) is -0.263. The zero-order valence-electron chi connectivity index (χ0n) is 8.52. The predicted octanol–water partition coefficient (Wildman–Crippen LogP) is 2.31. The molecule has 1 aliphatic carbocycles. The van der Waals surface area contributed by atoms with Gasteiger partial charge in [0.15, 0.2) is 0 Å². The zero-order valence-corrected chi connectivity index (χ0v) is 9.33. The molecule has 2 nitrogen and oxygen atoms in total. The van der Waals surface area contributed by atoms with E-state index < -0.39 is 10.8 Å². The Morgan fingerprint density at radius 3 is 2.53 bits per heavy atom. The first-order valence-corrected chi connectivity index (χ1v) is 6.48. The van der Waals surface area contributed by atoms with Gasteiger partial charge in [0.2, 0.25) is 0 Å². The lowest BCUT2D eigenvalue weighted by Gasteiger charge is -2.19. The molecular formula is C12H14O2S. The van der Waals surface area contributed by atoms with Gasteiger partial charge in [-0.1, -0.05) is 24.6 Å². The molecule has 0 spiro atoms. The minimum absolute atomic E-state index is 0.170. The lowest BCUT2D eigenvalue weighted by atomic mass is 9.99. The average molecular weight is 222 g/mol. The summed E-state index contributed by atoms with van der Waals surface area (Å²) in [7, 11) is -1.15. The van der Waals surface area contributed by atoms with E-state index >= 15 is 0 Å². The maximum absolute atomic E-state index is 12.1. The van der Waals surface area contributed by atoms with E-state index in [1.807, 2.05) is 30.3 Å². The van der Waals surface area contributed by atoms with E-state index in [4.69, 9.17) is 0 Å². The van der Waals surface area contributed by atoms with Gasteiger partial charge in [0.05, 0.1) is 16.0 Å². The molecule has 0 aliphatic heterocycles. The molecule has 1 aromatic carbocycles. The Morgan fingerprint density at radius 2 is 1.87 bits per heavy atom. The highest BCUT2D eigenvalue weighted by Crippen LogP contribution is 2.23. The van der Waals surface area contributed by atoms with Gasteiger partial charge in [-0.25, -0.2) is 0 Å². The molecule has 1 saturated carbocycles. The molecule has 15 heavy (non-hydrogen) atoms. The number of carbonyl (C=O) groups excluding carboxylic acids is 1.